The average molecular weight is 336 g/mol. The van der Waals surface area contributed by atoms with Gasteiger partial charge in [-0.15, -0.1) is 0 Å². The van der Waals surface area contributed by atoms with Crippen LogP contribution >= 0.6 is 0 Å². The summed E-state index contributed by atoms with van der Waals surface area (Å²) in [5.74, 6) is 1.20. The Balaban J connectivity index is 2.76. The van der Waals surface area contributed by atoms with Crippen molar-refractivity contribution in [1.82, 2.24) is 0 Å². The maximum Gasteiger partial charge on any atom is 0.116 e. The van der Waals surface area contributed by atoms with Crippen LogP contribution < -0.4 is 0 Å². The van der Waals surface area contributed by atoms with Gasteiger partial charge in [-0.2, -0.15) is 0 Å². The molecule has 2 nitrogen and oxygen atoms in total. The first-order chi connectivity index (χ1) is 12.0. The third kappa shape index (κ3) is 7.58. The molecule has 0 unspecified atom stereocenters. The quantitative estimate of drug-likeness (QED) is 0.420. The third-order valence-corrected chi connectivity index (χ3v) is 3.61. The van der Waals surface area contributed by atoms with Gasteiger partial charge in [0, 0.05) is 6.42 Å². The molecule has 0 aliphatic rings. The van der Waals surface area contributed by atoms with E-state index in [1.807, 2.05) is 56.4 Å². The second-order valence-electron chi connectivity index (χ2n) is 5.79. The summed E-state index contributed by atoms with van der Waals surface area (Å²) in [6, 6.07) is 7.08. The molecule has 1 N–H and O–H groups in total. The second-order valence-corrected chi connectivity index (χ2v) is 5.79. The standard InChI is InChI=1S/C23H28O2/c1-6-8-9-11-18(3)17-25-23(7-2)20(5)15-14-19(4)21-12-10-13-22(24)16-21/h6,8-16,24H,1,4,7,17H2,2-3,5H3/b9-8-,15-14-,18-11+,23-20+. The molecule has 0 aliphatic heterocycles. The summed E-state index contributed by atoms with van der Waals surface area (Å²) >= 11 is 0. The highest BCUT2D eigenvalue weighted by Crippen LogP contribution is 2.20. The largest absolute Gasteiger partial charge is 0.508 e. The lowest BCUT2D eigenvalue weighted by molar-refractivity contribution is 0.228. The number of ether oxygens (including phenoxy) is 1. The maximum atomic E-state index is 9.55. The van der Waals surface area contributed by atoms with E-state index in [2.05, 4.69) is 20.1 Å². The van der Waals surface area contributed by atoms with Gasteiger partial charge in [0.05, 0.1) is 5.76 Å². The molecule has 0 saturated heterocycles. The van der Waals surface area contributed by atoms with Crippen molar-refractivity contribution in [2.24, 2.45) is 0 Å². The van der Waals surface area contributed by atoms with Gasteiger partial charge in [0.15, 0.2) is 0 Å². The Labute approximate surface area is 151 Å². The molecule has 25 heavy (non-hydrogen) atoms. The SMILES string of the molecule is C=C/C=C\C=C(/C)CO/C(CC)=C(C)/C=C\C(=C)c1cccc(O)c1. The highest BCUT2D eigenvalue weighted by atomic mass is 16.5. The molecule has 1 rings (SSSR count). The van der Waals surface area contributed by atoms with E-state index in [0.29, 0.717) is 6.61 Å². The van der Waals surface area contributed by atoms with Gasteiger partial charge in [-0.25, -0.2) is 0 Å². The van der Waals surface area contributed by atoms with E-state index in [1.54, 1.807) is 18.2 Å². The van der Waals surface area contributed by atoms with Gasteiger partial charge in [-0.3, -0.25) is 0 Å². The molecule has 0 fully saturated rings. The number of allylic oxidation sites excluding steroid dienone is 9. The second kappa shape index (κ2) is 10.9. The van der Waals surface area contributed by atoms with Crippen molar-refractivity contribution in [3.8, 4) is 5.75 Å². The van der Waals surface area contributed by atoms with Crippen molar-refractivity contribution >= 4 is 5.57 Å². The molecule has 1 aromatic rings. The van der Waals surface area contributed by atoms with Gasteiger partial charge in [0.2, 0.25) is 0 Å². The Morgan fingerprint density at radius 2 is 1.96 bits per heavy atom. The van der Waals surface area contributed by atoms with Crippen molar-refractivity contribution in [2.45, 2.75) is 27.2 Å². The molecule has 2 heteroatoms. The smallest absolute Gasteiger partial charge is 0.116 e. The van der Waals surface area contributed by atoms with Crippen molar-refractivity contribution in [2.75, 3.05) is 6.61 Å². The fourth-order valence-corrected chi connectivity index (χ4v) is 2.16. The van der Waals surface area contributed by atoms with E-state index >= 15 is 0 Å². The molecule has 0 radical (unpaired) electrons. The lowest BCUT2D eigenvalue weighted by Gasteiger charge is -2.11. The molecule has 0 aliphatic carbocycles. The minimum absolute atomic E-state index is 0.240. The van der Waals surface area contributed by atoms with Crippen LogP contribution in [0.25, 0.3) is 5.57 Å². The fourth-order valence-electron chi connectivity index (χ4n) is 2.16. The molecule has 0 bridgehead atoms. The van der Waals surface area contributed by atoms with Crippen LogP contribution in [0.2, 0.25) is 0 Å². The first kappa shape index (κ1) is 20.3. The topological polar surface area (TPSA) is 29.5 Å². The molecule has 0 saturated carbocycles. The van der Waals surface area contributed by atoms with Gasteiger partial charge in [-0.1, -0.05) is 68.7 Å². The summed E-state index contributed by atoms with van der Waals surface area (Å²) in [6.45, 7) is 14.4. The molecule has 132 valence electrons. The number of hydrogen-bond donors (Lipinski definition) is 1. The Kier molecular flexibility index (Phi) is 8.87. The summed E-state index contributed by atoms with van der Waals surface area (Å²) in [4.78, 5) is 0. The van der Waals surface area contributed by atoms with E-state index in [1.165, 1.54) is 0 Å². The van der Waals surface area contributed by atoms with E-state index < -0.39 is 0 Å². The highest BCUT2D eigenvalue weighted by Gasteiger charge is 2.01. The van der Waals surface area contributed by atoms with Crippen molar-refractivity contribution < 1.29 is 9.84 Å². The van der Waals surface area contributed by atoms with Crippen LogP contribution in [0.4, 0.5) is 0 Å². The van der Waals surface area contributed by atoms with Crippen molar-refractivity contribution in [3.05, 3.63) is 96.3 Å². The lowest BCUT2D eigenvalue weighted by Crippen LogP contribution is -1.98. The van der Waals surface area contributed by atoms with Crippen molar-refractivity contribution in [1.29, 1.82) is 0 Å². The zero-order valence-electron chi connectivity index (χ0n) is 15.5. The van der Waals surface area contributed by atoms with E-state index in [9.17, 15) is 5.11 Å². The molecule has 0 heterocycles. The Morgan fingerprint density at radius 3 is 2.60 bits per heavy atom. The minimum Gasteiger partial charge on any atom is -0.508 e. The Hall–Kier alpha value is -2.74. The highest BCUT2D eigenvalue weighted by molar-refractivity contribution is 5.73. The molecule has 0 amide bonds. The lowest BCUT2D eigenvalue weighted by atomic mass is 10.1. The van der Waals surface area contributed by atoms with E-state index in [0.717, 1.165) is 34.5 Å². The average Bonchev–Trinajstić information content (AvgIpc) is 2.60. The van der Waals surface area contributed by atoms with Gasteiger partial charge in [-0.05, 0) is 48.3 Å². The minimum atomic E-state index is 0.240. The summed E-state index contributed by atoms with van der Waals surface area (Å²) in [6.07, 6.45) is 12.4. The summed E-state index contributed by atoms with van der Waals surface area (Å²) in [7, 11) is 0. The third-order valence-electron chi connectivity index (χ3n) is 3.61. The molecule has 0 aromatic heterocycles. The number of rotatable bonds is 9. The summed E-state index contributed by atoms with van der Waals surface area (Å²) < 4.78 is 5.93. The molecule has 0 atom stereocenters. The van der Waals surface area contributed by atoms with Gasteiger partial charge in [0.1, 0.15) is 12.4 Å². The number of benzene rings is 1. The molecule has 0 spiro atoms. The predicted molar refractivity (Wildman–Crippen MR) is 108 cm³/mol. The summed E-state index contributed by atoms with van der Waals surface area (Å²) in [5, 5.41) is 9.55. The molecular formula is C23H28O2. The predicted octanol–water partition coefficient (Wildman–Crippen LogP) is 6.35. The zero-order valence-corrected chi connectivity index (χ0v) is 15.5. The Morgan fingerprint density at radius 1 is 1.20 bits per heavy atom. The van der Waals surface area contributed by atoms with E-state index in [-0.39, 0.29) is 5.75 Å². The summed E-state index contributed by atoms with van der Waals surface area (Å²) in [5.41, 5.74) is 3.95. The zero-order chi connectivity index (χ0) is 18.7. The first-order valence-corrected chi connectivity index (χ1v) is 8.41. The van der Waals surface area contributed by atoms with Gasteiger partial charge in [0.25, 0.3) is 0 Å². The Bertz CT molecular complexity index is 715. The van der Waals surface area contributed by atoms with Crippen LogP contribution in [-0.2, 0) is 4.74 Å². The van der Waals surface area contributed by atoms with Crippen molar-refractivity contribution in [3.63, 3.8) is 0 Å². The van der Waals surface area contributed by atoms with Gasteiger partial charge >= 0.3 is 0 Å². The van der Waals surface area contributed by atoms with Crippen LogP contribution in [0.1, 0.15) is 32.8 Å². The van der Waals surface area contributed by atoms with Crippen LogP contribution in [0.5, 0.6) is 5.75 Å². The van der Waals surface area contributed by atoms with Crippen LogP contribution in [0.15, 0.2) is 90.8 Å². The molecular weight excluding hydrogens is 308 g/mol. The van der Waals surface area contributed by atoms with Crippen LogP contribution in [-0.4, -0.2) is 11.7 Å². The number of aromatic hydroxyl groups is 1. The first-order valence-electron chi connectivity index (χ1n) is 8.41. The normalized spacial score (nSPS) is 13.2. The monoisotopic (exact) mass is 336 g/mol. The fraction of sp³-hybridized carbons (Fsp3) is 0.217. The maximum absolute atomic E-state index is 9.55. The number of phenols is 1. The van der Waals surface area contributed by atoms with Crippen LogP contribution in [0, 0.1) is 0 Å². The number of hydrogen-bond acceptors (Lipinski definition) is 2. The van der Waals surface area contributed by atoms with E-state index in [4.69, 9.17) is 4.74 Å². The molecule has 1 aromatic carbocycles. The van der Waals surface area contributed by atoms with Gasteiger partial charge < -0.3 is 9.84 Å². The van der Waals surface area contributed by atoms with Crippen LogP contribution in [0.3, 0.4) is 0 Å². The number of phenolic OH excluding ortho intramolecular Hbond substituents is 1.